The number of rotatable bonds is 29. The largest absolute Gasteiger partial charge is 0.481 e. The summed E-state index contributed by atoms with van der Waals surface area (Å²) in [5, 5.41) is 11.6. The number of anilines is 2. The average Bonchev–Trinajstić information content (AvgIpc) is 3.30. The molecule has 0 aliphatic heterocycles. The van der Waals surface area contributed by atoms with Gasteiger partial charge in [0.2, 0.25) is 5.91 Å². The van der Waals surface area contributed by atoms with E-state index in [9.17, 15) is 14.4 Å². The number of fused-ring (bicyclic) bond motifs is 1. The topological polar surface area (TPSA) is 181 Å². The predicted octanol–water partition coefficient (Wildman–Crippen LogP) is 7.02. The summed E-state index contributed by atoms with van der Waals surface area (Å²) in [4.78, 5) is 42.4. The van der Waals surface area contributed by atoms with Crippen molar-refractivity contribution in [1.82, 2.24) is 4.98 Å². The van der Waals surface area contributed by atoms with Gasteiger partial charge in [0.25, 0.3) is 5.91 Å². The van der Waals surface area contributed by atoms with E-state index in [4.69, 9.17) is 39.3 Å². The highest BCUT2D eigenvalue weighted by Gasteiger charge is 2.16. The molecule has 0 bridgehead atoms. The van der Waals surface area contributed by atoms with Crippen LogP contribution in [-0.2, 0) is 52.5 Å². The van der Waals surface area contributed by atoms with Crippen LogP contribution in [0.3, 0.4) is 0 Å². The normalized spacial score (nSPS) is 11.9. The molecule has 14 nitrogen and oxygen atoms in total. The van der Waals surface area contributed by atoms with Gasteiger partial charge in [0.1, 0.15) is 0 Å². The smallest absolute Gasteiger partial charge is 0.305 e. The van der Waals surface area contributed by atoms with Crippen molar-refractivity contribution in [3.05, 3.63) is 113 Å². The fourth-order valence-electron chi connectivity index (χ4n) is 6.85. The summed E-state index contributed by atoms with van der Waals surface area (Å²) in [5.41, 5.74) is 13.4. The van der Waals surface area contributed by atoms with Gasteiger partial charge in [-0.15, -0.1) is 0 Å². The van der Waals surface area contributed by atoms with Crippen molar-refractivity contribution in [2.24, 2.45) is 5.73 Å². The van der Waals surface area contributed by atoms with E-state index in [1.165, 1.54) is 31.9 Å². The van der Waals surface area contributed by atoms with E-state index in [0.29, 0.717) is 101 Å². The summed E-state index contributed by atoms with van der Waals surface area (Å²) in [7, 11) is 0. The molecular formula is C49H66N4O10. The van der Waals surface area contributed by atoms with Crippen LogP contribution in [-0.4, -0.2) is 120 Å². The molecule has 4 N–H and O–H groups in total. The number of amides is 2. The second kappa shape index (κ2) is 30.0. The number of aromatic nitrogens is 1. The first-order valence-corrected chi connectivity index (χ1v) is 22.1. The molecule has 342 valence electrons. The molecule has 0 saturated heterocycles. The van der Waals surface area contributed by atoms with Crippen LogP contribution in [0.2, 0.25) is 0 Å². The maximum atomic E-state index is 13.4. The van der Waals surface area contributed by atoms with Gasteiger partial charge >= 0.3 is 5.97 Å². The Hall–Kier alpha value is -5.22. The second-order valence-corrected chi connectivity index (χ2v) is 14.7. The van der Waals surface area contributed by atoms with E-state index in [-0.39, 0.29) is 18.9 Å². The van der Waals surface area contributed by atoms with Crippen LogP contribution < -0.4 is 16.0 Å². The van der Waals surface area contributed by atoms with Crippen LogP contribution in [0.1, 0.15) is 76.9 Å². The molecule has 0 atom stereocenters. The molecule has 0 unspecified atom stereocenters. The van der Waals surface area contributed by atoms with Crippen LogP contribution >= 0.6 is 0 Å². The van der Waals surface area contributed by atoms with Gasteiger partial charge < -0.3 is 49.5 Å². The Morgan fingerprint density at radius 3 is 1.79 bits per heavy atom. The lowest BCUT2D eigenvalue weighted by atomic mass is 9.92. The molecule has 2 amide bonds. The number of nitrogens with zero attached hydrogens (tertiary/aromatic N) is 2. The number of nitrogens with one attached hydrogen (secondary N) is 1. The van der Waals surface area contributed by atoms with Crippen molar-refractivity contribution in [2.45, 2.75) is 58.8 Å². The lowest BCUT2D eigenvalue weighted by Gasteiger charge is -2.23. The zero-order chi connectivity index (χ0) is 44.9. The fraction of sp³-hybridized carbons (Fsp3) is 0.469. The average molecular weight is 871 g/mol. The number of hydrogen-bond donors (Lipinski definition) is 3. The summed E-state index contributed by atoms with van der Waals surface area (Å²) in [6.07, 6.45) is 8.44. The number of benzene rings is 3. The summed E-state index contributed by atoms with van der Waals surface area (Å²) >= 11 is 0. The van der Waals surface area contributed by atoms with E-state index in [1.807, 2.05) is 36.4 Å². The van der Waals surface area contributed by atoms with Crippen LogP contribution in [0.5, 0.6) is 0 Å². The maximum absolute atomic E-state index is 13.4. The highest BCUT2D eigenvalue weighted by molar-refractivity contribution is 6.06. The van der Waals surface area contributed by atoms with Crippen molar-refractivity contribution in [2.75, 3.05) is 103 Å². The molecule has 0 saturated carbocycles. The molecule has 4 aromatic rings. The Morgan fingerprint density at radius 2 is 1.24 bits per heavy atom. The molecule has 1 aliphatic carbocycles. The zero-order valence-corrected chi connectivity index (χ0v) is 37.0. The van der Waals surface area contributed by atoms with E-state index in [2.05, 4.69) is 53.3 Å². The molecule has 1 aromatic heterocycles. The minimum atomic E-state index is -0.882. The Balaban J connectivity index is 0.000000753. The van der Waals surface area contributed by atoms with Gasteiger partial charge in [-0.1, -0.05) is 36.4 Å². The number of carbonyl (C=O) groups excluding carboxylic acids is 2. The Morgan fingerprint density at radius 1 is 0.667 bits per heavy atom. The molecule has 1 heterocycles. The molecule has 5 rings (SSSR count). The predicted molar refractivity (Wildman–Crippen MR) is 245 cm³/mol. The molecule has 63 heavy (non-hydrogen) atoms. The van der Waals surface area contributed by atoms with Gasteiger partial charge in [0.15, 0.2) is 0 Å². The monoisotopic (exact) mass is 870 g/mol. The first kappa shape index (κ1) is 50.4. The first-order chi connectivity index (χ1) is 30.8. The SMILES string of the molecule is CCN(CC)c1ccc(NC(=O)c2cccc(CCCOCCOCCOCCOCCOCCOCCC(=O)O)c2)c(-c2cc(C(N)=O)ccn2)c1.c1ccc2c(c1)CCCC2. The Kier molecular flexibility index (Phi) is 24.0. The lowest BCUT2D eigenvalue weighted by molar-refractivity contribution is -0.138. The van der Waals surface area contributed by atoms with Gasteiger partial charge in [-0.25, -0.2) is 0 Å². The van der Waals surface area contributed by atoms with Crippen molar-refractivity contribution in [3.63, 3.8) is 0 Å². The third-order valence-electron chi connectivity index (χ3n) is 10.2. The van der Waals surface area contributed by atoms with Gasteiger partial charge in [-0.2, -0.15) is 0 Å². The van der Waals surface area contributed by atoms with Crippen LogP contribution in [0, 0.1) is 0 Å². The molecule has 3 aromatic carbocycles. The summed E-state index contributed by atoms with van der Waals surface area (Å²) < 4.78 is 32.7. The number of carboxylic acids is 1. The fourth-order valence-corrected chi connectivity index (χ4v) is 6.85. The minimum Gasteiger partial charge on any atom is -0.481 e. The van der Waals surface area contributed by atoms with Gasteiger partial charge in [0, 0.05) is 48.3 Å². The first-order valence-electron chi connectivity index (χ1n) is 22.1. The molecular weight excluding hydrogens is 805 g/mol. The Labute approximate surface area is 372 Å². The number of carbonyl (C=O) groups is 3. The van der Waals surface area contributed by atoms with E-state index in [0.717, 1.165) is 37.2 Å². The number of carboxylic acid groups (broad SMARTS) is 1. The summed E-state index contributed by atoms with van der Waals surface area (Å²) in [6.45, 7) is 10.9. The number of pyridine rings is 1. The molecule has 0 spiro atoms. The van der Waals surface area contributed by atoms with Crippen LogP contribution in [0.4, 0.5) is 11.4 Å². The molecule has 1 aliphatic rings. The van der Waals surface area contributed by atoms with Crippen molar-refractivity contribution < 1.29 is 47.9 Å². The lowest BCUT2D eigenvalue weighted by Crippen LogP contribution is -2.22. The molecule has 14 heteroatoms. The number of primary amides is 1. The Bertz CT molecular complexity index is 1930. The minimum absolute atomic E-state index is 0.0133. The summed E-state index contributed by atoms with van der Waals surface area (Å²) in [5.74, 6) is -1.68. The van der Waals surface area contributed by atoms with Gasteiger partial charge in [0.05, 0.1) is 90.5 Å². The van der Waals surface area contributed by atoms with Crippen molar-refractivity contribution in [1.29, 1.82) is 0 Å². The number of aliphatic carboxylic acids is 1. The number of hydrogen-bond acceptors (Lipinski definition) is 11. The van der Waals surface area contributed by atoms with Crippen LogP contribution in [0.15, 0.2) is 85.1 Å². The summed E-state index contributed by atoms with van der Waals surface area (Å²) in [6, 6.07) is 25.3. The standard InChI is InChI=1S/C39H54N4O10.C10H12/c1-3-43(4-2)33-10-11-35(34(29-33)36-28-31(38(40)46)12-14-41-36)42-39(47)32-9-5-7-30(27-32)8-6-15-48-17-19-50-21-23-52-25-26-53-24-22-51-20-18-49-16-13-37(44)45;1-2-6-10-8-4-3-7-9(10)5-1/h5,7,9-12,14,27-29H,3-4,6,8,13,15-26H2,1-2H3,(H2,40,46)(H,42,47)(H,44,45);1-2,5-6H,3-4,7-8H2. The third kappa shape index (κ3) is 19.4. The van der Waals surface area contributed by atoms with E-state index in [1.54, 1.807) is 29.3 Å². The number of aryl methyl sites for hydroxylation is 3. The number of ether oxygens (including phenoxy) is 6. The third-order valence-corrected chi connectivity index (χ3v) is 10.2. The molecule has 0 fully saturated rings. The second-order valence-electron chi connectivity index (χ2n) is 14.7. The van der Waals surface area contributed by atoms with E-state index < -0.39 is 11.9 Å². The van der Waals surface area contributed by atoms with Crippen LogP contribution in [0.25, 0.3) is 11.3 Å². The van der Waals surface area contributed by atoms with Crippen molar-refractivity contribution >= 4 is 29.2 Å². The maximum Gasteiger partial charge on any atom is 0.305 e. The van der Waals surface area contributed by atoms with Gasteiger partial charge in [-0.3, -0.25) is 19.4 Å². The quantitative estimate of drug-likeness (QED) is 0.0476. The van der Waals surface area contributed by atoms with Gasteiger partial charge in [-0.05, 0) is 112 Å². The van der Waals surface area contributed by atoms with Crippen molar-refractivity contribution in [3.8, 4) is 11.3 Å². The zero-order valence-electron chi connectivity index (χ0n) is 37.0. The highest BCUT2D eigenvalue weighted by Crippen LogP contribution is 2.32. The molecule has 0 radical (unpaired) electrons. The van der Waals surface area contributed by atoms with E-state index >= 15 is 0 Å². The number of nitrogens with two attached hydrogens (primary N) is 1. The highest BCUT2D eigenvalue weighted by atomic mass is 16.6.